The third-order valence-electron chi connectivity index (χ3n) is 5.91. The Morgan fingerprint density at radius 2 is 1.88 bits per heavy atom. The average Bonchev–Trinajstić information content (AvgIpc) is 3.34. The lowest BCUT2D eigenvalue weighted by Crippen LogP contribution is -2.38. The normalized spacial score (nSPS) is 16.6. The SMILES string of the molecule is CCN(CC)CCN1C(=O)C(O)=C(C(=O)c2cc3ccccc3o2)[C@@H]1c1cccc(Cl)c1. The van der Waals surface area contributed by atoms with Gasteiger partial charge in [0.05, 0.1) is 11.6 Å². The summed E-state index contributed by atoms with van der Waals surface area (Å²) in [6.45, 7) is 6.76. The van der Waals surface area contributed by atoms with Crippen LogP contribution in [-0.2, 0) is 4.79 Å². The van der Waals surface area contributed by atoms with Crippen LogP contribution < -0.4 is 0 Å². The summed E-state index contributed by atoms with van der Waals surface area (Å²) in [7, 11) is 0. The van der Waals surface area contributed by atoms with Crippen LogP contribution in [0.25, 0.3) is 11.0 Å². The second-order valence-corrected chi connectivity index (χ2v) is 8.16. The molecule has 0 saturated heterocycles. The molecule has 0 saturated carbocycles. The van der Waals surface area contributed by atoms with Gasteiger partial charge in [0.2, 0.25) is 5.78 Å². The fourth-order valence-corrected chi connectivity index (χ4v) is 4.35. The minimum atomic E-state index is -0.752. The van der Waals surface area contributed by atoms with Crippen molar-refractivity contribution >= 4 is 34.3 Å². The number of likely N-dealkylation sites (N-methyl/N-ethyl adjacent to an activating group) is 1. The van der Waals surface area contributed by atoms with Gasteiger partial charge in [-0.2, -0.15) is 0 Å². The van der Waals surface area contributed by atoms with E-state index in [1.165, 1.54) is 4.90 Å². The number of aliphatic hydroxyl groups is 1. The highest BCUT2D eigenvalue weighted by molar-refractivity contribution is 6.30. The molecule has 1 aromatic heterocycles. The van der Waals surface area contributed by atoms with Crippen molar-refractivity contribution in [2.24, 2.45) is 0 Å². The van der Waals surface area contributed by atoms with Gasteiger partial charge in [-0.15, -0.1) is 0 Å². The molecule has 2 aromatic carbocycles. The minimum Gasteiger partial charge on any atom is -0.503 e. The lowest BCUT2D eigenvalue weighted by molar-refractivity contribution is -0.129. The van der Waals surface area contributed by atoms with Gasteiger partial charge in [-0.05, 0) is 42.9 Å². The molecule has 1 N–H and O–H groups in total. The molecule has 7 heteroatoms. The van der Waals surface area contributed by atoms with Crippen molar-refractivity contribution in [2.45, 2.75) is 19.9 Å². The number of Topliss-reactive ketones (excluding diaryl/α,β-unsaturated/α-hetero) is 1. The van der Waals surface area contributed by atoms with Crippen LogP contribution in [0.3, 0.4) is 0 Å². The van der Waals surface area contributed by atoms with Crippen LogP contribution in [0.5, 0.6) is 0 Å². The molecule has 1 aliphatic heterocycles. The van der Waals surface area contributed by atoms with E-state index in [2.05, 4.69) is 18.7 Å². The highest BCUT2D eigenvalue weighted by atomic mass is 35.5. The average molecular weight is 453 g/mol. The third-order valence-corrected chi connectivity index (χ3v) is 6.15. The number of rotatable bonds is 8. The van der Waals surface area contributed by atoms with Crippen LogP contribution in [0.4, 0.5) is 0 Å². The molecule has 1 aliphatic rings. The number of fused-ring (bicyclic) bond motifs is 1. The number of furan rings is 1. The van der Waals surface area contributed by atoms with E-state index < -0.39 is 23.5 Å². The van der Waals surface area contributed by atoms with Crippen molar-refractivity contribution < 1.29 is 19.1 Å². The number of amides is 1. The van der Waals surface area contributed by atoms with Gasteiger partial charge in [-0.3, -0.25) is 9.59 Å². The number of hydrogen-bond acceptors (Lipinski definition) is 5. The molecule has 0 unspecified atom stereocenters. The Bertz CT molecular complexity index is 1160. The fraction of sp³-hybridized carbons (Fsp3) is 0.280. The van der Waals surface area contributed by atoms with Gasteiger partial charge in [0.25, 0.3) is 5.91 Å². The number of hydrogen-bond donors (Lipinski definition) is 1. The molecule has 3 aromatic rings. The van der Waals surface area contributed by atoms with Crippen molar-refractivity contribution in [2.75, 3.05) is 26.2 Å². The van der Waals surface area contributed by atoms with Crippen LogP contribution >= 0.6 is 11.6 Å². The van der Waals surface area contributed by atoms with Gasteiger partial charge >= 0.3 is 0 Å². The number of para-hydroxylation sites is 1. The molecule has 2 heterocycles. The molecule has 0 aliphatic carbocycles. The first-order valence-electron chi connectivity index (χ1n) is 10.7. The number of halogens is 1. The summed E-state index contributed by atoms with van der Waals surface area (Å²) in [5, 5.41) is 12.1. The van der Waals surface area contributed by atoms with Crippen molar-refractivity contribution in [1.29, 1.82) is 0 Å². The Morgan fingerprint density at radius 3 is 2.56 bits per heavy atom. The van der Waals surface area contributed by atoms with Gasteiger partial charge in [-0.1, -0.05) is 55.8 Å². The van der Waals surface area contributed by atoms with Crippen LogP contribution in [0, 0.1) is 0 Å². The number of carbonyl (C=O) groups excluding carboxylic acids is 2. The van der Waals surface area contributed by atoms with E-state index in [9.17, 15) is 14.7 Å². The van der Waals surface area contributed by atoms with E-state index in [-0.39, 0.29) is 11.3 Å². The molecule has 4 rings (SSSR count). The summed E-state index contributed by atoms with van der Waals surface area (Å²) in [5.41, 5.74) is 1.24. The van der Waals surface area contributed by atoms with Gasteiger partial charge in [0.1, 0.15) is 5.58 Å². The molecule has 166 valence electrons. The molecule has 1 amide bonds. The minimum absolute atomic E-state index is 0.0101. The number of ketones is 1. The van der Waals surface area contributed by atoms with E-state index in [0.717, 1.165) is 18.5 Å². The van der Waals surface area contributed by atoms with E-state index in [1.807, 2.05) is 18.2 Å². The van der Waals surface area contributed by atoms with Crippen molar-refractivity contribution in [3.8, 4) is 0 Å². The quantitative estimate of drug-likeness (QED) is 0.486. The fourth-order valence-electron chi connectivity index (χ4n) is 4.15. The topological polar surface area (TPSA) is 74.0 Å². The lowest BCUT2D eigenvalue weighted by Gasteiger charge is -2.29. The molecule has 0 bridgehead atoms. The van der Waals surface area contributed by atoms with Crippen LogP contribution in [0.15, 0.2) is 70.3 Å². The Kier molecular flexibility index (Phi) is 6.35. The monoisotopic (exact) mass is 452 g/mol. The Morgan fingerprint density at radius 1 is 1.12 bits per heavy atom. The molecule has 0 radical (unpaired) electrons. The lowest BCUT2D eigenvalue weighted by atomic mass is 9.95. The maximum Gasteiger partial charge on any atom is 0.290 e. The van der Waals surface area contributed by atoms with E-state index in [1.54, 1.807) is 36.4 Å². The second kappa shape index (κ2) is 9.18. The summed E-state index contributed by atoms with van der Waals surface area (Å²) in [6.07, 6.45) is 0. The summed E-state index contributed by atoms with van der Waals surface area (Å²) in [4.78, 5) is 30.3. The summed E-state index contributed by atoms with van der Waals surface area (Å²) in [6, 6.07) is 15.2. The van der Waals surface area contributed by atoms with Gasteiger partial charge in [0, 0.05) is 23.5 Å². The molecule has 1 atom stereocenters. The van der Waals surface area contributed by atoms with Crippen molar-refractivity contribution in [1.82, 2.24) is 9.80 Å². The maximum atomic E-state index is 13.5. The van der Waals surface area contributed by atoms with Crippen LogP contribution in [0.2, 0.25) is 5.02 Å². The highest BCUT2D eigenvalue weighted by Gasteiger charge is 2.44. The molecular weight excluding hydrogens is 428 g/mol. The number of nitrogens with zero attached hydrogens (tertiary/aromatic N) is 2. The van der Waals surface area contributed by atoms with Crippen LogP contribution in [-0.4, -0.2) is 52.8 Å². The predicted molar refractivity (Wildman–Crippen MR) is 124 cm³/mol. The van der Waals surface area contributed by atoms with Gasteiger partial charge < -0.3 is 19.3 Å². The van der Waals surface area contributed by atoms with Gasteiger partial charge in [0.15, 0.2) is 11.5 Å². The Balaban J connectivity index is 1.75. The first kappa shape index (κ1) is 22.1. The van der Waals surface area contributed by atoms with E-state index in [4.69, 9.17) is 16.0 Å². The Hall–Kier alpha value is -3.09. The summed E-state index contributed by atoms with van der Waals surface area (Å²) >= 11 is 6.22. The first-order valence-corrected chi connectivity index (χ1v) is 11.1. The van der Waals surface area contributed by atoms with Crippen molar-refractivity contribution in [3.05, 3.63) is 82.3 Å². The third kappa shape index (κ3) is 4.04. The first-order chi connectivity index (χ1) is 15.4. The van der Waals surface area contributed by atoms with E-state index >= 15 is 0 Å². The van der Waals surface area contributed by atoms with E-state index in [0.29, 0.717) is 29.3 Å². The summed E-state index contributed by atoms with van der Waals surface area (Å²) < 4.78 is 5.74. The maximum absolute atomic E-state index is 13.5. The summed E-state index contributed by atoms with van der Waals surface area (Å²) in [5.74, 6) is -1.54. The molecule has 32 heavy (non-hydrogen) atoms. The second-order valence-electron chi connectivity index (χ2n) is 7.72. The zero-order chi connectivity index (χ0) is 22.8. The number of aliphatic hydroxyl groups excluding tert-OH is 1. The smallest absolute Gasteiger partial charge is 0.290 e. The predicted octanol–water partition coefficient (Wildman–Crippen LogP) is 5.01. The van der Waals surface area contributed by atoms with Gasteiger partial charge in [-0.25, -0.2) is 0 Å². The molecule has 0 spiro atoms. The number of carbonyl (C=O) groups is 2. The molecule has 6 nitrogen and oxygen atoms in total. The highest BCUT2D eigenvalue weighted by Crippen LogP contribution is 2.40. The standard InChI is InChI=1S/C25H25ClN2O4/c1-3-27(4-2)12-13-28-22(17-9-7-10-18(26)14-17)21(24(30)25(28)31)23(29)20-15-16-8-5-6-11-19(16)32-20/h5-11,14-15,22,30H,3-4,12-13H2,1-2H3/t22-/m0/s1. The van der Waals surface area contributed by atoms with Crippen molar-refractivity contribution in [3.63, 3.8) is 0 Å². The zero-order valence-corrected chi connectivity index (χ0v) is 18.8. The molecule has 0 fully saturated rings. The largest absolute Gasteiger partial charge is 0.503 e. The Labute approximate surface area is 191 Å². The molecular formula is C25H25ClN2O4. The number of benzene rings is 2. The van der Waals surface area contributed by atoms with Crippen LogP contribution in [0.1, 0.15) is 36.0 Å². The zero-order valence-electron chi connectivity index (χ0n) is 18.0.